The van der Waals surface area contributed by atoms with Gasteiger partial charge in [0.1, 0.15) is 0 Å². The van der Waals surface area contributed by atoms with E-state index in [1.54, 1.807) is 0 Å². The highest BCUT2D eigenvalue weighted by Crippen LogP contribution is 2.14. The van der Waals surface area contributed by atoms with Crippen LogP contribution in [-0.4, -0.2) is 7.05 Å². The lowest BCUT2D eigenvalue weighted by Crippen LogP contribution is -2.02. The number of hydrogen-bond donors (Lipinski definition) is 1. The fraction of sp³-hybridized carbons (Fsp3) is 0.429. The van der Waals surface area contributed by atoms with Crippen LogP contribution in [0.15, 0.2) is 23.4 Å². The Bertz CT molecular complexity index is 142. The van der Waals surface area contributed by atoms with Gasteiger partial charge in [0.15, 0.2) is 0 Å². The van der Waals surface area contributed by atoms with Crippen molar-refractivity contribution in [2.24, 2.45) is 0 Å². The van der Waals surface area contributed by atoms with Crippen molar-refractivity contribution in [2.45, 2.75) is 13.3 Å². The number of allylic oxidation sites excluding steroid dienone is 3. The Morgan fingerprint density at radius 1 is 1.62 bits per heavy atom. The minimum Gasteiger partial charge on any atom is -0.388 e. The van der Waals surface area contributed by atoms with Gasteiger partial charge in [-0.1, -0.05) is 6.08 Å². The van der Waals surface area contributed by atoms with Crippen molar-refractivity contribution >= 4 is 0 Å². The van der Waals surface area contributed by atoms with E-state index < -0.39 is 0 Å². The second-order valence-electron chi connectivity index (χ2n) is 2.05. The molecule has 1 aliphatic carbocycles. The molecule has 1 heteroatoms. The molecule has 0 heterocycles. The Kier molecular flexibility index (Phi) is 1.38. The third kappa shape index (κ3) is 0.760. The topological polar surface area (TPSA) is 12.0 Å². The average molecular weight is 109 g/mol. The van der Waals surface area contributed by atoms with E-state index in [0.717, 1.165) is 6.42 Å². The summed E-state index contributed by atoms with van der Waals surface area (Å²) in [6, 6.07) is 0. The van der Waals surface area contributed by atoms with Crippen LogP contribution in [0.1, 0.15) is 13.3 Å². The first-order chi connectivity index (χ1) is 3.84. The molecule has 0 aromatic rings. The van der Waals surface area contributed by atoms with Crippen LogP contribution < -0.4 is 5.32 Å². The van der Waals surface area contributed by atoms with Crippen LogP contribution in [0.25, 0.3) is 0 Å². The quantitative estimate of drug-likeness (QED) is 0.537. The first-order valence-corrected chi connectivity index (χ1v) is 2.88. The molecule has 0 bridgehead atoms. The molecule has 0 radical (unpaired) electrons. The molecule has 0 saturated heterocycles. The van der Waals surface area contributed by atoms with Gasteiger partial charge in [-0.25, -0.2) is 0 Å². The summed E-state index contributed by atoms with van der Waals surface area (Å²) in [5.41, 5.74) is 2.72. The smallest absolute Gasteiger partial charge is 0.0326 e. The van der Waals surface area contributed by atoms with Gasteiger partial charge in [0.05, 0.1) is 0 Å². The molecule has 0 aliphatic heterocycles. The molecule has 0 aromatic carbocycles. The Labute approximate surface area is 50.1 Å². The van der Waals surface area contributed by atoms with Crippen molar-refractivity contribution in [3.05, 3.63) is 23.4 Å². The summed E-state index contributed by atoms with van der Waals surface area (Å²) in [6.07, 6.45) is 5.41. The Morgan fingerprint density at radius 3 is 2.62 bits per heavy atom. The predicted molar refractivity (Wildman–Crippen MR) is 35.5 cm³/mol. The minimum absolute atomic E-state index is 1.12. The van der Waals surface area contributed by atoms with E-state index in [2.05, 4.69) is 24.4 Å². The van der Waals surface area contributed by atoms with Gasteiger partial charge in [-0.05, 0) is 25.0 Å². The molecule has 1 rings (SSSR count). The third-order valence-electron chi connectivity index (χ3n) is 1.44. The third-order valence-corrected chi connectivity index (χ3v) is 1.44. The van der Waals surface area contributed by atoms with Gasteiger partial charge < -0.3 is 5.32 Å². The second kappa shape index (κ2) is 2.03. The minimum atomic E-state index is 1.12. The van der Waals surface area contributed by atoms with Crippen LogP contribution in [0.2, 0.25) is 0 Å². The maximum atomic E-state index is 3.11. The fourth-order valence-corrected chi connectivity index (χ4v) is 0.902. The van der Waals surface area contributed by atoms with Crippen LogP contribution >= 0.6 is 0 Å². The normalized spacial score (nSPS) is 17.8. The highest BCUT2D eigenvalue weighted by Gasteiger charge is 1.99. The van der Waals surface area contributed by atoms with Crippen molar-refractivity contribution < 1.29 is 0 Å². The largest absolute Gasteiger partial charge is 0.388 e. The zero-order chi connectivity index (χ0) is 5.98. The van der Waals surface area contributed by atoms with Crippen LogP contribution in [0.4, 0.5) is 0 Å². The van der Waals surface area contributed by atoms with Gasteiger partial charge in [0.2, 0.25) is 0 Å². The molecule has 0 atom stereocenters. The lowest BCUT2D eigenvalue weighted by Gasteiger charge is -1.97. The van der Waals surface area contributed by atoms with E-state index in [1.165, 1.54) is 11.3 Å². The van der Waals surface area contributed by atoms with Crippen molar-refractivity contribution in [1.82, 2.24) is 5.32 Å². The summed E-state index contributed by atoms with van der Waals surface area (Å²) in [7, 11) is 1.95. The summed E-state index contributed by atoms with van der Waals surface area (Å²) in [5, 5.41) is 3.11. The monoisotopic (exact) mass is 109 g/mol. The van der Waals surface area contributed by atoms with Crippen LogP contribution in [0.5, 0.6) is 0 Å². The molecule has 0 spiro atoms. The molecule has 0 saturated carbocycles. The number of hydrogen-bond acceptors (Lipinski definition) is 1. The molecule has 8 heavy (non-hydrogen) atoms. The summed E-state index contributed by atoms with van der Waals surface area (Å²) >= 11 is 0. The highest BCUT2D eigenvalue weighted by molar-refractivity contribution is 5.30. The molecule has 0 aromatic heterocycles. The summed E-state index contributed by atoms with van der Waals surface area (Å²) in [4.78, 5) is 0. The Balaban J connectivity index is 2.70. The van der Waals surface area contributed by atoms with E-state index in [0.29, 0.717) is 0 Å². The first kappa shape index (κ1) is 5.42. The van der Waals surface area contributed by atoms with Crippen LogP contribution in [0, 0.1) is 0 Å². The lowest BCUT2D eigenvalue weighted by molar-refractivity contribution is 1.00. The highest BCUT2D eigenvalue weighted by atomic mass is 14.8. The van der Waals surface area contributed by atoms with Crippen molar-refractivity contribution in [2.75, 3.05) is 7.05 Å². The maximum absolute atomic E-state index is 3.11. The van der Waals surface area contributed by atoms with Gasteiger partial charge in [0.25, 0.3) is 0 Å². The zero-order valence-corrected chi connectivity index (χ0v) is 5.36. The maximum Gasteiger partial charge on any atom is 0.0326 e. The second-order valence-corrected chi connectivity index (χ2v) is 2.05. The van der Waals surface area contributed by atoms with Crippen molar-refractivity contribution in [1.29, 1.82) is 0 Å². The molecule has 44 valence electrons. The van der Waals surface area contributed by atoms with E-state index >= 15 is 0 Å². The standard InChI is InChI=1S/C7H11N/c1-6-4-3-5-7(6)8-2/h3,5,8H,4H2,1-2H3. The molecule has 1 aliphatic rings. The molecule has 0 unspecified atom stereocenters. The van der Waals surface area contributed by atoms with Gasteiger partial charge >= 0.3 is 0 Å². The van der Waals surface area contributed by atoms with E-state index in [9.17, 15) is 0 Å². The summed E-state index contributed by atoms with van der Waals surface area (Å²) < 4.78 is 0. The number of rotatable bonds is 1. The molecule has 0 amide bonds. The van der Waals surface area contributed by atoms with Crippen LogP contribution in [0.3, 0.4) is 0 Å². The summed E-state index contributed by atoms with van der Waals surface area (Å²) in [5.74, 6) is 0. The van der Waals surface area contributed by atoms with E-state index in [1.807, 2.05) is 7.05 Å². The molecular formula is C7H11N. The molecular weight excluding hydrogens is 98.1 g/mol. The zero-order valence-electron chi connectivity index (χ0n) is 5.36. The van der Waals surface area contributed by atoms with Gasteiger partial charge in [-0.15, -0.1) is 0 Å². The summed E-state index contributed by atoms with van der Waals surface area (Å²) in [6.45, 7) is 2.14. The predicted octanol–water partition coefficient (Wildman–Crippen LogP) is 1.44. The van der Waals surface area contributed by atoms with Crippen molar-refractivity contribution in [3.8, 4) is 0 Å². The van der Waals surface area contributed by atoms with Crippen molar-refractivity contribution in [3.63, 3.8) is 0 Å². The number of nitrogens with one attached hydrogen (secondary N) is 1. The average Bonchev–Trinajstić information content (AvgIpc) is 2.14. The molecule has 1 nitrogen and oxygen atoms in total. The molecule has 1 N–H and O–H groups in total. The van der Waals surface area contributed by atoms with Crippen LogP contribution in [-0.2, 0) is 0 Å². The first-order valence-electron chi connectivity index (χ1n) is 2.88. The lowest BCUT2D eigenvalue weighted by atomic mass is 10.2. The molecule has 0 fully saturated rings. The Hall–Kier alpha value is -0.720. The van der Waals surface area contributed by atoms with E-state index in [-0.39, 0.29) is 0 Å². The Morgan fingerprint density at radius 2 is 2.38 bits per heavy atom. The SMILES string of the molecule is CNC1=C(C)CC=C1. The number of likely N-dealkylation sites (N-methyl/N-ethyl adjacent to an activating group) is 1. The van der Waals surface area contributed by atoms with Gasteiger partial charge in [0, 0.05) is 12.7 Å². The van der Waals surface area contributed by atoms with Gasteiger partial charge in [-0.3, -0.25) is 0 Å². The fourth-order valence-electron chi connectivity index (χ4n) is 0.902. The van der Waals surface area contributed by atoms with Gasteiger partial charge in [-0.2, -0.15) is 0 Å². The van der Waals surface area contributed by atoms with E-state index in [4.69, 9.17) is 0 Å².